The molecule has 0 unspecified atom stereocenters. The van der Waals surface area contributed by atoms with E-state index in [1.165, 1.54) is 44.9 Å². The van der Waals surface area contributed by atoms with Gasteiger partial charge < -0.3 is 0 Å². The minimum atomic E-state index is -0.00488. The highest BCUT2D eigenvalue weighted by Gasteiger charge is 2.50. The molecule has 0 atom stereocenters. The zero-order valence-corrected chi connectivity index (χ0v) is 10.6. The second-order valence-corrected chi connectivity index (χ2v) is 6.84. The normalized spacial score (nSPS) is 42.8. The van der Waals surface area contributed by atoms with Crippen LogP contribution in [0, 0.1) is 23.2 Å². The van der Waals surface area contributed by atoms with Crippen molar-refractivity contribution < 1.29 is 4.79 Å². The van der Waals surface area contributed by atoms with Crippen LogP contribution in [-0.2, 0) is 4.79 Å². The van der Waals surface area contributed by atoms with E-state index in [1.54, 1.807) is 0 Å². The van der Waals surface area contributed by atoms with Gasteiger partial charge in [-0.2, -0.15) is 0 Å². The fourth-order valence-corrected chi connectivity index (χ4v) is 5.29. The fourth-order valence-electron chi connectivity index (χ4n) is 5.29. The summed E-state index contributed by atoms with van der Waals surface area (Å²) < 4.78 is 0. The van der Waals surface area contributed by atoms with Gasteiger partial charge in [-0.05, 0) is 74.5 Å². The highest BCUT2D eigenvalue weighted by Crippen LogP contribution is 2.61. The number of hydrogen-bond acceptors (Lipinski definition) is 2. The van der Waals surface area contributed by atoms with Crippen LogP contribution in [0.3, 0.4) is 0 Å². The van der Waals surface area contributed by atoms with Gasteiger partial charge in [0, 0.05) is 6.42 Å². The Kier molecular flexibility index (Phi) is 2.89. The van der Waals surface area contributed by atoms with Gasteiger partial charge >= 0.3 is 0 Å². The Morgan fingerprint density at radius 2 is 1.65 bits per heavy atom. The van der Waals surface area contributed by atoms with E-state index in [9.17, 15) is 4.79 Å². The maximum atomic E-state index is 11.2. The number of carbonyl (C=O) groups is 1. The molecule has 1 amide bonds. The van der Waals surface area contributed by atoms with Crippen molar-refractivity contribution in [3.8, 4) is 0 Å². The first-order valence-corrected chi connectivity index (χ1v) is 7.18. The molecule has 0 aromatic heterocycles. The molecule has 0 radical (unpaired) electrons. The summed E-state index contributed by atoms with van der Waals surface area (Å²) in [5, 5.41) is 0. The van der Waals surface area contributed by atoms with Gasteiger partial charge in [0.15, 0.2) is 0 Å². The van der Waals surface area contributed by atoms with E-state index in [-0.39, 0.29) is 5.91 Å². The van der Waals surface area contributed by atoms with E-state index in [2.05, 4.69) is 5.43 Å². The van der Waals surface area contributed by atoms with Crippen LogP contribution in [0.1, 0.15) is 57.8 Å². The molecule has 0 aromatic carbocycles. The van der Waals surface area contributed by atoms with Crippen LogP contribution in [-0.4, -0.2) is 5.91 Å². The lowest BCUT2D eigenvalue weighted by Crippen LogP contribution is -2.46. The average Bonchev–Trinajstić information content (AvgIpc) is 2.26. The fraction of sp³-hybridized carbons (Fsp3) is 0.929. The molecule has 0 saturated heterocycles. The summed E-state index contributed by atoms with van der Waals surface area (Å²) in [5.41, 5.74) is 2.85. The highest BCUT2D eigenvalue weighted by molar-refractivity contribution is 5.75. The number of amides is 1. The van der Waals surface area contributed by atoms with Gasteiger partial charge in [-0.25, -0.2) is 5.84 Å². The van der Waals surface area contributed by atoms with Crippen molar-refractivity contribution in [2.75, 3.05) is 0 Å². The van der Waals surface area contributed by atoms with Gasteiger partial charge in [0.1, 0.15) is 0 Å². The molecule has 0 spiro atoms. The summed E-state index contributed by atoms with van der Waals surface area (Å²) in [7, 11) is 0. The third-order valence-corrected chi connectivity index (χ3v) is 5.44. The maximum Gasteiger partial charge on any atom is 0.233 e. The number of rotatable bonds is 4. The molecule has 4 aliphatic carbocycles. The Bertz CT molecular complexity index is 278. The molecular formula is C14H24N2O. The number of nitrogens with one attached hydrogen (secondary N) is 1. The summed E-state index contributed by atoms with van der Waals surface area (Å²) in [6.07, 6.45) is 11.7. The van der Waals surface area contributed by atoms with Gasteiger partial charge in [0.2, 0.25) is 5.91 Å². The second kappa shape index (κ2) is 4.27. The van der Waals surface area contributed by atoms with Crippen molar-refractivity contribution >= 4 is 5.91 Å². The summed E-state index contributed by atoms with van der Waals surface area (Å²) in [4.78, 5) is 11.2. The standard InChI is InChI=1S/C14H24N2O/c15-16-13(17)2-1-3-14-7-10-4-11(8-14)6-12(5-10)9-14/h10-12H,1-9,15H2,(H,16,17). The molecule has 4 aliphatic rings. The van der Waals surface area contributed by atoms with Gasteiger partial charge in [-0.15, -0.1) is 0 Å². The molecule has 4 fully saturated rings. The van der Waals surface area contributed by atoms with Crippen molar-refractivity contribution in [2.24, 2.45) is 29.0 Å². The van der Waals surface area contributed by atoms with Gasteiger partial charge in [0.05, 0.1) is 0 Å². The lowest BCUT2D eigenvalue weighted by atomic mass is 9.48. The topological polar surface area (TPSA) is 55.1 Å². The van der Waals surface area contributed by atoms with Crippen LogP contribution in [0.5, 0.6) is 0 Å². The van der Waals surface area contributed by atoms with Gasteiger partial charge in [0.25, 0.3) is 0 Å². The Morgan fingerprint density at radius 3 is 2.12 bits per heavy atom. The Morgan fingerprint density at radius 1 is 1.12 bits per heavy atom. The van der Waals surface area contributed by atoms with Gasteiger partial charge in [-0.3, -0.25) is 10.2 Å². The Hall–Kier alpha value is -0.570. The second-order valence-electron chi connectivity index (χ2n) is 6.84. The lowest BCUT2D eigenvalue weighted by molar-refractivity contribution is -0.121. The average molecular weight is 236 g/mol. The predicted molar refractivity (Wildman–Crippen MR) is 66.8 cm³/mol. The first-order chi connectivity index (χ1) is 8.19. The number of hydrogen-bond donors (Lipinski definition) is 2. The summed E-state index contributed by atoms with van der Waals surface area (Å²) in [5.74, 6) is 8.17. The van der Waals surface area contributed by atoms with E-state index in [0.717, 1.165) is 24.2 Å². The third-order valence-electron chi connectivity index (χ3n) is 5.44. The van der Waals surface area contributed by atoms with Crippen molar-refractivity contribution in [3.05, 3.63) is 0 Å². The van der Waals surface area contributed by atoms with Gasteiger partial charge in [-0.1, -0.05) is 0 Å². The maximum absolute atomic E-state index is 11.2. The van der Waals surface area contributed by atoms with E-state index >= 15 is 0 Å². The molecule has 4 saturated carbocycles. The number of nitrogens with two attached hydrogens (primary N) is 1. The van der Waals surface area contributed by atoms with Crippen LogP contribution in [0.4, 0.5) is 0 Å². The molecule has 3 N–H and O–H groups in total. The van der Waals surface area contributed by atoms with E-state index in [4.69, 9.17) is 5.84 Å². The van der Waals surface area contributed by atoms with E-state index in [1.807, 2.05) is 0 Å². The largest absolute Gasteiger partial charge is 0.294 e. The smallest absolute Gasteiger partial charge is 0.233 e. The van der Waals surface area contributed by atoms with Crippen molar-refractivity contribution in [1.29, 1.82) is 0 Å². The SMILES string of the molecule is NNC(=O)CCCC12CC3CC(CC(C3)C1)C2. The van der Waals surface area contributed by atoms with Crippen molar-refractivity contribution in [1.82, 2.24) is 5.43 Å². The van der Waals surface area contributed by atoms with Crippen molar-refractivity contribution in [3.63, 3.8) is 0 Å². The number of carbonyl (C=O) groups excluding carboxylic acids is 1. The third kappa shape index (κ3) is 2.22. The van der Waals surface area contributed by atoms with E-state index < -0.39 is 0 Å². The zero-order chi connectivity index (χ0) is 11.9. The molecule has 3 nitrogen and oxygen atoms in total. The lowest BCUT2D eigenvalue weighted by Gasteiger charge is -2.57. The molecule has 17 heavy (non-hydrogen) atoms. The molecular weight excluding hydrogens is 212 g/mol. The van der Waals surface area contributed by atoms with Crippen LogP contribution >= 0.6 is 0 Å². The first kappa shape index (κ1) is 11.5. The van der Waals surface area contributed by atoms with Crippen molar-refractivity contribution in [2.45, 2.75) is 57.8 Å². The summed E-state index contributed by atoms with van der Waals surface area (Å²) >= 11 is 0. The summed E-state index contributed by atoms with van der Waals surface area (Å²) in [6, 6.07) is 0. The van der Waals surface area contributed by atoms with E-state index in [0.29, 0.717) is 11.8 Å². The number of hydrazine groups is 1. The molecule has 0 aliphatic heterocycles. The minimum Gasteiger partial charge on any atom is -0.294 e. The van der Waals surface area contributed by atoms with Crippen LogP contribution in [0.25, 0.3) is 0 Å². The quantitative estimate of drug-likeness (QED) is 0.447. The molecule has 3 heteroatoms. The van der Waals surface area contributed by atoms with Crippen LogP contribution in [0.15, 0.2) is 0 Å². The summed E-state index contributed by atoms with van der Waals surface area (Å²) in [6.45, 7) is 0. The molecule has 4 rings (SSSR count). The minimum absolute atomic E-state index is 0.00488. The van der Waals surface area contributed by atoms with Crippen LogP contribution < -0.4 is 11.3 Å². The molecule has 96 valence electrons. The Labute approximate surface area is 103 Å². The molecule has 0 aromatic rings. The Balaban J connectivity index is 1.57. The molecule has 4 bridgehead atoms. The monoisotopic (exact) mass is 236 g/mol. The molecule has 0 heterocycles. The first-order valence-electron chi connectivity index (χ1n) is 7.18. The predicted octanol–water partition coefficient (Wildman–Crippen LogP) is 2.36. The van der Waals surface area contributed by atoms with Crippen LogP contribution in [0.2, 0.25) is 0 Å². The highest BCUT2D eigenvalue weighted by atomic mass is 16.2. The zero-order valence-electron chi connectivity index (χ0n) is 10.6.